The van der Waals surface area contributed by atoms with Crippen molar-refractivity contribution in [1.82, 2.24) is 15.5 Å². The van der Waals surface area contributed by atoms with E-state index in [1.165, 1.54) is 22.3 Å². The molecule has 140 valence electrons. The van der Waals surface area contributed by atoms with Crippen molar-refractivity contribution in [1.29, 1.82) is 0 Å². The molecule has 0 bridgehead atoms. The summed E-state index contributed by atoms with van der Waals surface area (Å²) in [6, 6.07) is 4.48. The van der Waals surface area contributed by atoms with Gasteiger partial charge in [0, 0.05) is 38.8 Å². The lowest BCUT2D eigenvalue weighted by Crippen LogP contribution is -2.56. The maximum absolute atomic E-state index is 5.46. The molecule has 1 heterocycles. The number of ether oxygens (including phenoxy) is 1. The van der Waals surface area contributed by atoms with E-state index in [4.69, 9.17) is 4.74 Å². The number of nitrogens with zero attached hydrogens (tertiary/aromatic N) is 2. The predicted molar refractivity (Wildman–Crippen MR) is 105 cm³/mol. The molecule has 0 unspecified atom stereocenters. The zero-order valence-electron chi connectivity index (χ0n) is 16.7. The molecule has 25 heavy (non-hydrogen) atoms. The van der Waals surface area contributed by atoms with Crippen LogP contribution < -0.4 is 10.6 Å². The zero-order chi connectivity index (χ0) is 18.4. The predicted octanol–water partition coefficient (Wildman–Crippen LogP) is 2.39. The Morgan fingerprint density at radius 1 is 1.12 bits per heavy atom. The standard InChI is InChI=1S/C20H34N4O/c1-15-11-16(2)18(17(3)12-15)13-22-19(21-6)23-14-20(4,5)24-7-9-25-10-8-24/h11-12H,7-10,13-14H2,1-6H3,(H2,21,22,23). The Hall–Kier alpha value is -1.59. The molecular formula is C20H34N4O. The van der Waals surface area contributed by atoms with Gasteiger partial charge in [0.1, 0.15) is 0 Å². The number of hydrogen-bond acceptors (Lipinski definition) is 3. The maximum Gasteiger partial charge on any atom is 0.191 e. The third-order valence-electron chi connectivity index (χ3n) is 5.05. The summed E-state index contributed by atoms with van der Waals surface area (Å²) >= 11 is 0. The Labute approximate surface area is 152 Å². The zero-order valence-corrected chi connectivity index (χ0v) is 16.7. The third-order valence-corrected chi connectivity index (χ3v) is 5.05. The van der Waals surface area contributed by atoms with Gasteiger partial charge < -0.3 is 15.4 Å². The molecule has 1 aromatic rings. The van der Waals surface area contributed by atoms with Crippen LogP contribution >= 0.6 is 0 Å². The first-order valence-corrected chi connectivity index (χ1v) is 9.17. The lowest BCUT2D eigenvalue weighted by atomic mass is 10.00. The van der Waals surface area contributed by atoms with Crippen LogP contribution in [0.25, 0.3) is 0 Å². The molecule has 1 saturated heterocycles. The maximum atomic E-state index is 5.46. The van der Waals surface area contributed by atoms with Gasteiger partial charge in [-0.2, -0.15) is 0 Å². The van der Waals surface area contributed by atoms with E-state index in [1.807, 2.05) is 7.05 Å². The van der Waals surface area contributed by atoms with Crippen molar-refractivity contribution in [2.24, 2.45) is 4.99 Å². The normalized spacial score (nSPS) is 16.8. The van der Waals surface area contributed by atoms with Crippen molar-refractivity contribution >= 4 is 5.96 Å². The molecule has 0 amide bonds. The van der Waals surface area contributed by atoms with Crippen LogP contribution in [0, 0.1) is 20.8 Å². The van der Waals surface area contributed by atoms with Gasteiger partial charge in [-0.15, -0.1) is 0 Å². The summed E-state index contributed by atoms with van der Waals surface area (Å²) in [4.78, 5) is 6.86. The van der Waals surface area contributed by atoms with Crippen molar-refractivity contribution in [2.45, 2.75) is 46.7 Å². The van der Waals surface area contributed by atoms with Gasteiger partial charge in [0.15, 0.2) is 5.96 Å². The molecule has 2 rings (SSSR count). The largest absolute Gasteiger partial charge is 0.379 e. The Kier molecular flexibility index (Phi) is 6.85. The highest BCUT2D eigenvalue weighted by Crippen LogP contribution is 2.17. The smallest absolute Gasteiger partial charge is 0.191 e. The van der Waals surface area contributed by atoms with Gasteiger partial charge in [-0.1, -0.05) is 17.7 Å². The van der Waals surface area contributed by atoms with Crippen molar-refractivity contribution < 1.29 is 4.74 Å². The van der Waals surface area contributed by atoms with E-state index in [0.717, 1.165) is 45.4 Å². The van der Waals surface area contributed by atoms with Crippen LogP contribution in [-0.4, -0.2) is 56.3 Å². The number of morpholine rings is 1. The summed E-state index contributed by atoms with van der Waals surface area (Å²) < 4.78 is 5.46. The topological polar surface area (TPSA) is 48.9 Å². The molecule has 5 heteroatoms. The molecule has 0 atom stereocenters. The molecule has 1 aromatic carbocycles. The van der Waals surface area contributed by atoms with Crippen LogP contribution in [0.2, 0.25) is 0 Å². The lowest BCUT2D eigenvalue weighted by molar-refractivity contribution is -0.00834. The second kappa shape index (κ2) is 8.68. The average molecular weight is 347 g/mol. The molecule has 0 radical (unpaired) electrons. The molecule has 0 spiro atoms. The molecule has 0 aliphatic carbocycles. The van der Waals surface area contributed by atoms with Gasteiger partial charge >= 0.3 is 0 Å². The second-order valence-corrected chi connectivity index (χ2v) is 7.57. The Morgan fingerprint density at radius 2 is 1.72 bits per heavy atom. The SMILES string of the molecule is CN=C(NCc1c(C)cc(C)cc1C)NCC(C)(C)N1CCOCC1. The summed E-state index contributed by atoms with van der Waals surface area (Å²) in [5.74, 6) is 0.848. The summed E-state index contributed by atoms with van der Waals surface area (Å²) in [7, 11) is 1.83. The summed E-state index contributed by atoms with van der Waals surface area (Å²) in [6.45, 7) is 16.3. The van der Waals surface area contributed by atoms with Crippen LogP contribution in [0.4, 0.5) is 0 Å². The van der Waals surface area contributed by atoms with Crippen LogP contribution in [0.3, 0.4) is 0 Å². The van der Waals surface area contributed by atoms with Gasteiger partial charge in [0.05, 0.1) is 13.2 Å². The molecular weight excluding hydrogens is 312 g/mol. The lowest BCUT2D eigenvalue weighted by Gasteiger charge is -2.41. The van der Waals surface area contributed by atoms with E-state index in [1.54, 1.807) is 0 Å². The van der Waals surface area contributed by atoms with Gasteiger partial charge in [-0.25, -0.2) is 0 Å². The fourth-order valence-electron chi connectivity index (χ4n) is 3.46. The summed E-state index contributed by atoms with van der Waals surface area (Å²) in [6.07, 6.45) is 0. The van der Waals surface area contributed by atoms with Gasteiger partial charge in [-0.05, 0) is 51.3 Å². The summed E-state index contributed by atoms with van der Waals surface area (Å²) in [5, 5.41) is 6.94. The molecule has 0 saturated carbocycles. The van der Waals surface area contributed by atoms with Crippen molar-refractivity contribution in [3.63, 3.8) is 0 Å². The highest BCUT2D eigenvalue weighted by molar-refractivity contribution is 5.79. The van der Waals surface area contributed by atoms with Gasteiger partial charge in [0.2, 0.25) is 0 Å². The van der Waals surface area contributed by atoms with Crippen LogP contribution in [0.1, 0.15) is 36.1 Å². The van der Waals surface area contributed by atoms with Crippen molar-refractivity contribution in [3.05, 3.63) is 34.4 Å². The molecule has 1 aliphatic rings. The van der Waals surface area contributed by atoms with E-state index in [2.05, 4.69) is 67.3 Å². The number of guanidine groups is 1. The highest BCUT2D eigenvalue weighted by atomic mass is 16.5. The monoisotopic (exact) mass is 346 g/mol. The molecule has 1 fully saturated rings. The number of nitrogens with one attached hydrogen (secondary N) is 2. The Bertz CT molecular complexity index is 581. The first kappa shape index (κ1) is 19.7. The summed E-state index contributed by atoms with van der Waals surface area (Å²) in [5.41, 5.74) is 5.38. The number of rotatable bonds is 5. The molecule has 1 aliphatic heterocycles. The highest BCUT2D eigenvalue weighted by Gasteiger charge is 2.28. The number of hydrogen-bond donors (Lipinski definition) is 2. The van der Waals surface area contributed by atoms with Crippen LogP contribution in [0.5, 0.6) is 0 Å². The fourth-order valence-corrected chi connectivity index (χ4v) is 3.46. The third kappa shape index (κ3) is 5.44. The first-order valence-electron chi connectivity index (χ1n) is 9.17. The minimum Gasteiger partial charge on any atom is -0.379 e. The molecule has 0 aromatic heterocycles. The van der Waals surface area contributed by atoms with Crippen molar-refractivity contribution in [3.8, 4) is 0 Å². The van der Waals surface area contributed by atoms with Gasteiger partial charge in [0.25, 0.3) is 0 Å². The molecule has 2 N–H and O–H groups in total. The minimum atomic E-state index is 0.0666. The average Bonchev–Trinajstić information content (AvgIpc) is 2.57. The quantitative estimate of drug-likeness (QED) is 0.635. The van der Waals surface area contributed by atoms with Crippen LogP contribution in [0.15, 0.2) is 17.1 Å². The fraction of sp³-hybridized carbons (Fsp3) is 0.650. The number of aliphatic imine (C=N–C) groups is 1. The van der Waals surface area contributed by atoms with E-state index < -0.39 is 0 Å². The van der Waals surface area contributed by atoms with E-state index in [9.17, 15) is 0 Å². The Morgan fingerprint density at radius 3 is 2.28 bits per heavy atom. The Balaban J connectivity index is 1.91. The molecule has 5 nitrogen and oxygen atoms in total. The number of benzene rings is 1. The van der Waals surface area contributed by atoms with Crippen molar-refractivity contribution in [2.75, 3.05) is 39.9 Å². The number of aryl methyl sites for hydroxylation is 3. The van der Waals surface area contributed by atoms with Crippen LogP contribution in [-0.2, 0) is 11.3 Å². The second-order valence-electron chi connectivity index (χ2n) is 7.57. The van der Waals surface area contributed by atoms with E-state index in [0.29, 0.717) is 0 Å². The van der Waals surface area contributed by atoms with E-state index in [-0.39, 0.29) is 5.54 Å². The van der Waals surface area contributed by atoms with E-state index >= 15 is 0 Å². The van der Waals surface area contributed by atoms with Gasteiger partial charge in [-0.3, -0.25) is 9.89 Å². The minimum absolute atomic E-state index is 0.0666. The first-order chi connectivity index (χ1) is 11.8.